The lowest BCUT2D eigenvalue weighted by atomic mass is 10.1. The molecule has 0 saturated heterocycles. The summed E-state index contributed by atoms with van der Waals surface area (Å²) in [6.45, 7) is 5.79. The van der Waals surface area contributed by atoms with Crippen LogP contribution in [0.3, 0.4) is 0 Å². The molecule has 0 aliphatic carbocycles. The molecular formula is C16H17FOS. The monoisotopic (exact) mass is 276 g/mol. The van der Waals surface area contributed by atoms with Crippen molar-refractivity contribution in [3.05, 3.63) is 58.9 Å². The summed E-state index contributed by atoms with van der Waals surface area (Å²) >= 11 is 1.55. The van der Waals surface area contributed by atoms with Crippen molar-refractivity contribution in [3.63, 3.8) is 0 Å². The van der Waals surface area contributed by atoms with Crippen LogP contribution in [0.4, 0.5) is 4.39 Å². The van der Waals surface area contributed by atoms with Crippen LogP contribution in [-0.4, -0.2) is 5.11 Å². The van der Waals surface area contributed by atoms with Gasteiger partial charge in [-0.15, -0.1) is 0 Å². The summed E-state index contributed by atoms with van der Waals surface area (Å²) in [5, 5.41) is 9.73. The number of hydrogen-bond acceptors (Lipinski definition) is 2. The van der Waals surface area contributed by atoms with Gasteiger partial charge < -0.3 is 5.11 Å². The Morgan fingerprint density at radius 1 is 1.05 bits per heavy atom. The summed E-state index contributed by atoms with van der Waals surface area (Å²) in [5.74, 6) is -0.319. The van der Waals surface area contributed by atoms with Gasteiger partial charge in [-0.05, 0) is 67.8 Å². The molecule has 0 heterocycles. The molecule has 2 aromatic carbocycles. The van der Waals surface area contributed by atoms with E-state index in [9.17, 15) is 9.50 Å². The highest BCUT2D eigenvalue weighted by atomic mass is 32.2. The molecule has 2 aromatic rings. The summed E-state index contributed by atoms with van der Waals surface area (Å²) in [6, 6.07) is 10.8. The van der Waals surface area contributed by atoms with Crippen LogP contribution >= 0.6 is 11.8 Å². The van der Waals surface area contributed by atoms with Gasteiger partial charge in [-0.2, -0.15) is 0 Å². The molecule has 0 radical (unpaired) electrons. The molecule has 0 unspecified atom stereocenters. The van der Waals surface area contributed by atoms with Gasteiger partial charge >= 0.3 is 0 Å². The maximum absolute atomic E-state index is 13.2. The Morgan fingerprint density at radius 3 is 2.42 bits per heavy atom. The highest BCUT2D eigenvalue weighted by molar-refractivity contribution is 7.99. The van der Waals surface area contributed by atoms with Crippen LogP contribution in [0.5, 0.6) is 0 Å². The molecule has 1 nitrogen and oxygen atoms in total. The number of aryl methyl sites for hydroxylation is 2. The SMILES string of the molecule is Cc1ccc(Sc2ccc(F)cc2[C@@H](C)O)cc1C. The lowest BCUT2D eigenvalue weighted by Crippen LogP contribution is -1.95. The highest BCUT2D eigenvalue weighted by Crippen LogP contribution is 2.34. The van der Waals surface area contributed by atoms with Crippen molar-refractivity contribution in [1.29, 1.82) is 0 Å². The minimum Gasteiger partial charge on any atom is -0.389 e. The Kier molecular flexibility index (Phi) is 4.27. The highest BCUT2D eigenvalue weighted by Gasteiger charge is 2.11. The number of halogens is 1. The van der Waals surface area contributed by atoms with Crippen LogP contribution in [0.15, 0.2) is 46.2 Å². The van der Waals surface area contributed by atoms with Crippen LogP contribution in [-0.2, 0) is 0 Å². The third kappa shape index (κ3) is 3.37. The van der Waals surface area contributed by atoms with E-state index >= 15 is 0 Å². The summed E-state index contributed by atoms with van der Waals surface area (Å²) < 4.78 is 13.2. The fourth-order valence-electron chi connectivity index (χ4n) is 1.84. The van der Waals surface area contributed by atoms with Gasteiger partial charge in [0.05, 0.1) is 6.10 Å². The smallest absolute Gasteiger partial charge is 0.123 e. The second-order valence-corrected chi connectivity index (χ2v) is 5.82. The van der Waals surface area contributed by atoms with E-state index in [1.807, 2.05) is 6.07 Å². The van der Waals surface area contributed by atoms with Gasteiger partial charge in [0.25, 0.3) is 0 Å². The van der Waals surface area contributed by atoms with Crippen LogP contribution in [0, 0.1) is 19.7 Å². The molecule has 0 fully saturated rings. The zero-order valence-corrected chi connectivity index (χ0v) is 12.1. The number of benzene rings is 2. The quantitative estimate of drug-likeness (QED) is 0.880. The first-order valence-corrected chi connectivity index (χ1v) is 7.01. The maximum atomic E-state index is 13.2. The summed E-state index contributed by atoms with van der Waals surface area (Å²) in [4.78, 5) is 1.98. The summed E-state index contributed by atoms with van der Waals surface area (Å²) in [6.07, 6.45) is -0.676. The largest absolute Gasteiger partial charge is 0.389 e. The third-order valence-electron chi connectivity index (χ3n) is 3.13. The van der Waals surface area contributed by atoms with E-state index in [0.29, 0.717) is 5.56 Å². The van der Waals surface area contributed by atoms with Gasteiger partial charge in [0.1, 0.15) is 5.82 Å². The fourth-order valence-corrected chi connectivity index (χ4v) is 2.95. The lowest BCUT2D eigenvalue weighted by molar-refractivity contribution is 0.196. The van der Waals surface area contributed by atoms with Crippen LogP contribution in [0.2, 0.25) is 0 Å². The molecule has 1 atom stereocenters. The molecule has 100 valence electrons. The summed E-state index contributed by atoms with van der Waals surface area (Å²) in [7, 11) is 0. The van der Waals surface area contributed by atoms with Crippen LogP contribution in [0.1, 0.15) is 29.7 Å². The molecule has 0 aliphatic rings. The zero-order valence-electron chi connectivity index (χ0n) is 11.3. The van der Waals surface area contributed by atoms with Crippen molar-refractivity contribution in [2.75, 3.05) is 0 Å². The van der Waals surface area contributed by atoms with E-state index in [0.717, 1.165) is 9.79 Å². The third-order valence-corrected chi connectivity index (χ3v) is 4.21. The minimum atomic E-state index is -0.676. The van der Waals surface area contributed by atoms with Crippen molar-refractivity contribution in [2.45, 2.75) is 36.7 Å². The van der Waals surface area contributed by atoms with Gasteiger partial charge in [-0.25, -0.2) is 4.39 Å². The molecule has 0 amide bonds. The molecule has 3 heteroatoms. The number of rotatable bonds is 3. The molecule has 0 aromatic heterocycles. The second kappa shape index (κ2) is 5.76. The average molecular weight is 276 g/mol. The lowest BCUT2D eigenvalue weighted by Gasteiger charge is -2.12. The first kappa shape index (κ1) is 14.1. The Labute approximate surface area is 117 Å². The molecule has 0 spiro atoms. The van der Waals surface area contributed by atoms with Crippen LogP contribution in [0.25, 0.3) is 0 Å². The van der Waals surface area contributed by atoms with E-state index in [1.165, 1.54) is 23.3 Å². The first-order chi connectivity index (χ1) is 8.97. The molecule has 1 N–H and O–H groups in total. The molecule has 0 saturated carbocycles. The maximum Gasteiger partial charge on any atom is 0.123 e. The fraction of sp³-hybridized carbons (Fsp3) is 0.250. The molecule has 19 heavy (non-hydrogen) atoms. The Balaban J connectivity index is 2.35. The zero-order chi connectivity index (χ0) is 14.0. The van der Waals surface area contributed by atoms with Gasteiger partial charge in [0.15, 0.2) is 0 Å². The number of hydrogen-bond donors (Lipinski definition) is 1. The summed E-state index contributed by atoms with van der Waals surface area (Å²) in [5.41, 5.74) is 3.10. The Hall–Kier alpha value is -1.32. The van der Waals surface area contributed by atoms with Crippen molar-refractivity contribution in [2.24, 2.45) is 0 Å². The first-order valence-electron chi connectivity index (χ1n) is 6.20. The molecule has 0 aliphatic heterocycles. The normalized spacial score (nSPS) is 12.5. The van der Waals surface area contributed by atoms with Crippen molar-refractivity contribution < 1.29 is 9.50 Å². The van der Waals surface area contributed by atoms with Crippen LogP contribution < -0.4 is 0 Å². The molecule has 2 rings (SSSR count). The van der Waals surface area contributed by atoms with Gasteiger partial charge in [0.2, 0.25) is 0 Å². The topological polar surface area (TPSA) is 20.2 Å². The standard InChI is InChI=1S/C16H17FOS/c1-10-4-6-14(8-11(10)2)19-16-7-5-13(17)9-15(16)12(3)18/h4-9,12,18H,1-3H3/t12-/m1/s1. The Morgan fingerprint density at radius 2 is 1.79 bits per heavy atom. The predicted molar refractivity (Wildman–Crippen MR) is 77.1 cm³/mol. The van der Waals surface area contributed by atoms with Crippen molar-refractivity contribution in [1.82, 2.24) is 0 Å². The molecular weight excluding hydrogens is 259 g/mol. The van der Waals surface area contributed by atoms with E-state index in [-0.39, 0.29) is 5.82 Å². The number of aliphatic hydroxyl groups is 1. The van der Waals surface area contributed by atoms with Crippen molar-refractivity contribution in [3.8, 4) is 0 Å². The number of aliphatic hydroxyl groups excluding tert-OH is 1. The predicted octanol–water partition coefficient (Wildman–Crippen LogP) is 4.65. The minimum absolute atomic E-state index is 0.319. The average Bonchev–Trinajstić information content (AvgIpc) is 2.36. The van der Waals surface area contributed by atoms with Crippen molar-refractivity contribution >= 4 is 11.8 Å². The van der Waals surface area contributed by atoms with E-state index in [2.05, 4.69) is 26.0 Å². The van der Waals surface area contributed by atoms with Gasteiger partial charge in [-0.1, -0.05) is 17.8 Å². The Bertz CT molecular complexity index is 593. The van der Waals surface area contributed by atoms with Gasteiger partial charge in [0, 0.05) is 9.79 Å². The van der Waals surface area contributed by atoms with E-state index < -0.39 is 6.10 Å². The van der Waals surface area contributed by atoms with Gasteiger partial charge in [-0.3, -0.25) is 0 Å². The molecule has 0 bridgehead atoms. The van der Waals surface area contributed by atoms with E-state index in [1.54, 1.807) is 24.8 Å². The van der Waals surface area contributed by atoms with E-state index in [4.69, 9.17) is 0 Å². The second-order valence-electron chi connectivity index (χ2n) is 4.71.